The highest BCUT2D eigenvalue weighted by molar-refractivity contribution is 7.99. The molecule has 6 aromatic rings. The molecule has 0 fully saturated rings. The minimum atomic E-state index is -0.796. The molecule has 4 heteroatoms. The van der Waals surface area contributed by atoms with Crippen LogP contribution in [0.15, 0.2) is 168 Å². The number of rotatable bonds is 6. The van der Waals surface area contributed by atoms with Crippen molar-refractivity contribution >= 4 is 59.4 Å². The van der Waals surface area contributed by atoms with E-state index in [2.05, 4.69) is 158 Å². The monoisotopic (exact) mass is 568 g/mol. The van der Waals surface area contributed by atoms with Crippen molar-refractivity contribution in [1.82, 2.24) is 0 Å². The van der Waals surface area contributed by atoms with Gasteiger partial charge in [-0.25, -0.2) is 0 Å². The van der Waals surface area contributed by atoms with E-state index in [0.29, 0.717) is 0 Å². The molecule has 0 aromatic heterocycles. The molecule has 1 aliphatic rings. The molecular weight excluding hydrogens is 542 g/mol. The lowest BCUT2D eigenvalue weighted by Gasteiger charge is -2.29. The van der Waals surface area contributed by atoms with Crippen molar-refractivity contribution in [2.75, 3.05) is 0 Å². The molecule has 1 nitrogen and oxygen atoms in total. The normalized spacial score (nSPS) is 12.1. The van der Waals surface area contributed by atoms with Gasteiger partial charge in [0.1, 0.15) is 11.5 Å². The Morgan fingerprint density at radius 2 is 0.675 bits per heavy atom. The summed E-state index contributed by atoms with van der Waals surface area (Å²) in [6.07, 6.45) is 0. The molecule has 0 amide bonds. The van der Waals surface area contributed by atoms with E-state index in [4.69, 9.17) is 4.74 Å². The zero-order valence-corrected chi connectivity index (χ0v) is 24.3. The fraction of sp³-hybridized carbons (Fsp3) is 0. The molecule has 0 saturated heterocycles. The lowest BCUT2D eigenvalue weighted by molar-refractivity contribution is 0.462. The van der Waals surface area contributed by atoms with Crippen molar-refractivity contribution in [3.63, 3.8) is 0 Å². The highest BCUT2D eigenvalue weighted by atomic mass is 32.2. The van der Waals surface area contributed by atoms with Crippen molar-refractivity contribution in [1.29, 1.82) is 0 Å². The zero-order chi connectivity index (χ0) is 26.7. The number of para-hydroxylation sites is 2. The van der Waals surface area contributed by atoms with Crippen LogP contribution in [0.5, 0.6) is 11.5 Å². The topological polar surface area (TPSA) is 9.23 Å². The third-order valence-electron chi connectivity index (χ3n) is 6.88. The molecule has 0 atom stereocenters. The summed E-state index contributed by atoms with van der Waals surface area (Å²) in [5, 5.41) is 7.78. The third kappa shape index (κ3) is 4.89. The van der Waals surface area contributed by atoms with Gasteiger partial charge >= 0.3 is 0 Å². The summed E-state index contributed by atoms with van der Waals surface area (Å²) < 4.78 is 7.10. The van der Waals surface area contributed by atoms with E-state index in [1.54, 1.807) is 0 Å². The third-order valence-corrected chi connectivity index (χ3v) is 12.9. The first-order chi connectivity index (χ1) is 19.9. The van der Waals surface area contributed by atoms with E-state index in [9.17, 15) is 0 Å². The summed E-state index contributed by atoms with van der Waals surface area (Å²) >= 11 is 1.82. The van der Waals surface area contributed by atoms with Gasteiger partial charge in [-0.2, -0.15) is 0 Å². The van der Waals surface area contributed by atoms with E-state index >= 15 is 0 Å². The zero-order valence-electron chi connectivity index (χ0n) is 21.7. The predicted molar refractivity (Wildman–Crippen MR) is 174 cm³/mol. The van der Waals surface area contributed by atoms with E-state index in [0.717, 1.165) is 11.5 Å². The molecule has 0 bridgehead atoms. The Morgan fingerprint density at radius 1 is 0.350 bits per heavy atom. The SMILES string of the molecule is c1ccc(P(c2ccccc2)c2cccc3c2Oc2c(cccc2P(c2ccccc2)c2ccccc2)S3)cc1. The molecule has 192 valence electrons. The van der Waals surface area contributed by atoms with E-state index < -0.39 is 15.8 Å². The van der Waals surface area contributed by atoms with Crippen LogP contribution in [0.1, 0.15) is 0 Å². The Labute approximate surface area is 242 Å². The Morgan fingerprint density at radius 3 is 1.00 bits per heavy atom. The number of benzene rings is 6. The molecule has 0 unspecified atom stereocenters. The van der Waals surface area contributed by atoms with Gasteiger partial charge < -0.3 is 4.74 Å². The van der Waals surface area contributed by atoms with Crippen LogP contribution in [-0.2, 0) is 0 Å². The second-order valence-electron chi connectivity index (χ2n) is 9.43. The van der Waals surface area contributed by atoms with Gasteiger partial charge in [-0.05, 0) is 49.2 Å². The first-order valence-corrected chi connectivity index (χ1v) is 16.8. The fourth-order valence-corrected chi connectivity index (χ4v) is 11.1. The maximum Gasteiger partial charge on any atom is 0.149 e. The Kier molecular flexibility index (Phi) is 7.24. The summed E-state index contributed by atoms with van der Waals surface area (Å²) in [5.41, 5.74) is 0. The van der Waals surface area contributed by atoms with Gasteiger partial charge in [-0.1, -0.05) is 157 Å². The van der Waals surface area contributed by atoms with Gasteiger partial charge in [0.25, 0.3) is 0 Å². The van der Waals surface area contributed by atoms with Crippen LogP contribution in [-0.4, -0.2) is 0 Å². The van der Waals surface area contributed by atoms with E-state index in [-0.39, 0.29) is 0 Å². The van der Waals surface area contributed by atoms with Gasteiger partial charge in [0.05, 0.1) is 9.79 Å². The molecule has 0 spiro atoms. The van der Waals surface area contributed by atoms with Gasteiger partial charge in [0, 0.05) is 10.6 Å². The van der Waals surface area contributed by atoms with Crippen LogP contribution in [0.4, 0.5) is 0 Å². The largest absolute Gasteiger partial charge is 0.454 e. The molecule has 0 radical (unpaired) electrons. The Balaban J connectivity index is 1.39. The van der Waals surface area contributed by atoms with Crippen molar-refractivity contribution in [2.24, 2.45) is 0 Å². The van der Waals surface area contributed by atoms with Crippen molar-refractivity contribution in [3.05, 3.63) is 158 Å². The summed E-state index contributed by atoms with van der Waals surface area (Å²) in [5.74, 6) is 1.98. The summed E-state index contributed by atoms with van der Waals surface area (Å²) in [6.45, 7) is 0. The highest BCUT2D eigenvalue weighted by Crippen LogP contribution is 2.51. The smallest absolute Gasteiger partial charge is 0.149 e. The maximum atomic E-state index is 7.10. The van der Waals surface area contributed by atoms with Crippen molar-refractivity contribution in [2.45, 2.75) is 9.79 Å². The van der Waals surface area contributed by atoms with E-state index in [1.807, 2.05) is 11.8 Å². The van der Waals surface area contributed by atoms with Gasteiger partial charge in [0.15, 0.2) is 0 Å². The lowest BCUT2D eigenvalue weighted by atomic mass is 10.3. The second kappa shape index (κ2) is 11.4. The van der Waals surface area contributed by atoms with Crippen LogP contribution in [0, 0.1) is 0 Å². The van der Waals surface area contributed by atoms with Crippen molar-refractivity contribution < 1.29 is 4.74 Å². The average Bonchev–Trinajstić information content (AvgIpc) is 3.03. The number of fused-ring (bicyclic) bond motifs is 2. The molecule has 1 aliphatic heterocycles. The summed E-state index contributed by atoms with van der Waals surface area (Å²) in [4.78, 5) is 2.34. The van der Waals surface area contributed by atoms with E-state index in [1.165, 1.54) is 41.6 Å². The van der Waals surface area contributed by atoms with Gasteiger partial charge in [0.2, 0.25) is 0 Å². The van der Waals surface area contributed by atoms with Crippen LogP contribution in [0.25, 0.3) is 0 Å². The standard InChI is InChI=1S/C36H26OP2S/c1-5-15-27(16-6-1)38(28-17-7-2-8-18-28)31-23-13-25-33-35(31)37-36-32(24-14-26-34(36)40-33)39(29-19-9-3-10-20-29)30-21-11-4-12-22-30/h1-26H. The Bertz CT molecular complexity index is 1530. The fourth-order valence-electron chi connectivity index (χ4n) is 5.11. The predicted octanol–water partition coefficient (Wildman–Crippen LogP) is 7.46. The summed E-state index contributed by atoms with van der Waals surface area (Å²) in [6, 6.07) is 56.7. The molecule has 0 saturated carbocycles. The first-order valence-electron chi connectivity index (χ1n) is 13.3. The number of hydrogen-bond donors (Lipinski definition) is 0. The number of hydrogen-bond acceptors (Lipinski definition) is 2. The van der Waals surface area contributed by atoms with Gasteiger partial charge in [-0.15, -0.1) is 0 Å². The first kappa shape index (κ1) is 25.3. The molecular formula is C36H26OP2S. The minimum Gasteiger partial charge on any atom is -0.454 e. The van der Waals surface area contributed by atoms with Gasteiger partial charge in [-0.3, -0.25) is 0 Å². The van der Waals surface area contributed by atoms with Crippen molar-refractivity contribution in [3.8, 4) is 11.5 Å². The highest BCUT2D eigenvalue weighted by Gasteiger charge is 2.30. The average molecular weight is 569 g/mol. The van der Waals surface area contributed by atoms with Crippen LogP contribution in [0.3, 0.4) is 0 Å². The Hall–Kier alpha value is -3.67. The molecule has 1 heterocycles. The number of ether oxygens (including phenoxy) is 1. The molecule has 0 aliphatic carbocycles. The van der Waals surface area contributed by atoms with Crippen LogP contribution < -0.4 is 36.6 Å². The van der Waals surface area contributed by atoms with Crippen LogP contribution in [0.2, 0.25) is 0 Å². The lowest BCUT2D eigenvalue weighted by Crippen LogP contribution is -2.25. The second-order valence-corrected chi connectivity index (χ2v) is 14.9. The molecule has 6 aromatic carbocycles. The maximum absolute atomic E-state index is 7.10. The minimum absolute atomic E-state index is 0.796. The summed E-state index contributed by atoms with van der Waals surface area (Å²) in [7, 11) is -1.59. The molecule has 0 N–H and O–H groups in total. The quantitative estimate of drug-likeness (QED) is 0.193. The molecule has 40 heavy (non-hydrogen) atoms. The van der Waals surface area contributed by atoms with Crippen LogP contribution >= 0.6 is 27.6 Å². The molecule has 7 rings (SSSR count).